The van der Waals surface area contributed by atoms with Crippen LogP contribution in [0.3, 0.4) is 0 Å². The highest BCUT2D eigenvalue weighted by Crippen LogP contribution is 2.54. The number of likely N-dealkylation sites (N-methyl/N-ethyl adjacent to an activating group) is 1. The molecule has 2 saturated carbocycles. The summed E-state index contributed by atoms with van der Waals surface area (Å²) in [5, 5.41) is 0. The molecule has 0 radical (unpaired) electrons. The Hall–Kier alpha value is -2.90. The van der Waals surface area contributed by atoms with Gasteiger partial charge in [-0.3, -0.25) is 9.59 Å². The molecule has 198 valence electrons. The van der Waals surface area contributed by atoms with Gasteiger partial charge in [0.1, 0.15) is 5.75 Å². The summed E-state index contributed by atoms with van der Waals surface area (Å²) in [4.78, 5) is 29.3. The van der Waals surface area contributed by atoms with Crippen LogP contribution in [-0.2, 0) is 19.7 Å². The fraction of sp³-hybridized carbons (Fsp3) is 0.533. The predicted molar refractivity (Wildman–Crippen MR) is 141 cm³/mol. The number of methoxy groups -OCH3 is 1. The van der Waals surface area contributed by atoms with E-state index in [0.717, 1.165) is 62.4 Å². The predicted octanol–water partition coefficient (Wildman–Crippen LogP) is 4.67. The molecule has 1 aromatic carbocycles. The van der Waals surface area contributed by atoms with Crippen LogP contribution in [0.15, 0.2) is 53.4 Å². The van der Waals surface area contributed by atoms with E-state index in [9.17, 15) is 9.59 Å². The van der Waals surface area contributed by atoms with Crippen LogP contribution >= 0.6 is 0 Å². The highest BCUT2D eigenvalue weighted by molar-refractivity contribution is 5.91. The van der Waals surface area contributed by atoms with Crippen molar-refractivity contribution >= 4 is 18.0 Å². The minimum Gasteiger partial charge on any atom is -0.472 e. The van der Waals surface area contributed by atoms with Gasteiger partial charge in [0.2, 0.25) is 5.91 Å². The Morgan fingerprint density at radius 3 is 2.76 bits per heavy atom. The normalized spacial score (nSPS) is 28.1. The molecule has 3 atom stereocenters. The van der Waals surface area contributed by atoms with Gasteiger partial charge in [0, 0.05) is 57.3 Å². The van der Waals surface area contributed by atoms with E-state index in [1.807, 2.05) is 43.3 Å². The van der Waals surface area contributed by atoms with E-state index < -0.39 is 0 Å². The number of esters is 1. The molecule has 0 spiro atoms. The van der Waals surface area contributed by atoms with Crippen LogP contribution in [0.1, 0.15) is 56.6 Å². The summed E-state index contributed by atoms with van der Waals surface area (Å²) >= 11 is 0. The molecule has 37 heavy (non-hydrogen) atoms. The molecule has 1 saturated heterocycles. The molecule has 1 aliphatic heterocycles. The maximum atomic E-state index is 13.2. The largest absolute Gasteiger partial charge is 0.472 e. The van der Waals surface area contributed by atoms with Crippen LogP contribution < -0.4 is 4.74 Å². The van der Waals surface area contributed by atoms with Gasteiger partial charge >= 0.3 is 5.97 Å². The second-order valence-corrected chi connectivity index (χ2v) is 11.1. The van der Waals surface area contributed by atoms with Crippen molar-refractivity contribution in [2.24, 2.45) is 5.92 Å². The number of benzene rings is 1. The lowest BCUT2D eigenvalue weighted by Crippen LogP contribution is -2.68. The number of hydrogen-bond donors (Lipinski definition) is 0. The highest BCUT2D eigenvalue weighted by Gasteiger charge is 2.59. The number of piperidine rings is 1. The third-order valence-electron chi connectivity index (χ3n) is 8.78. The summed E-state index contributed by atoms with van der Waals surface area (Å²) in [7, 11) is 3.74. The smallest absolute Gasteiger partial charge is 0.308 e. The van der Waals surface area contributed by atoms with Gasteiger partial charge in [0.15, 0.2) is 0 Å². The SMILES string of the molecule is CO[C@]12CC[C@H](N(C)C(=O)/C=C/c3ccoc3)C[C@]1(c1cccc(OC(C)=O)c1)CCN(CC1CC1)C2. The van der Waals surface area contributed by atoms with E-state index >= 15 is 0 Å². The first kappa shape index (κ1) is 25.7. The van der Waals surface area contributed by atoms with E-state index in [1.165, 1.54) is 19.8 Å². The highest BCUT2D eigenvalue weighted by atomic mass is 16.5. The Bertz CT molecular complexity index is 1140. The van der Waals surface area contributed by atoms with Crippen LogP contribution in [0.4, 0.5) is 0 Å². The molecule has 0 unspecified atom stereocenters. The molecule has 2 aliphatic carbocycles. The fourth-order valence-electron chi connectivity index (χ4n) is 6.58. The zero-order chi connectivity index (χ0) is 26.0. The topological polar surface area (TPSA) is 72.2 Å². The van der Waals surface area contributed by atoms with Crippen molar-refractivity contribution in [2.75, 3.05) is 33.8 Å². The molecule has 1 amide bonds. The quantitative estimate of drug-likeness (QED) is 0.294. The molecule has 2 heterocycles. The zero-order valence-electron chi connectivity index (χ0n) is 22.2. The van der Waals surface area contributed by atoms with Crippen LogP contribution in [-0.4, -0.2) is 67.1 Å². The summed E-state index contributed by atoms with van der Waals surface area (Å²) < 4.78 is 17.1. The van der Waals surface area contributed by atoms with Crippen molar-refractivity contribution in [1.29, 1.82) is 0 Å². The number of hydrogen-bond acceptors (Lipinski definition) is 6. The van der Waals surface area contributed by atoms with Crippen molar-refractivity contribution in [2.45, 2.75) is 62.5 Å². The standard InChI is InChI=1S/C30H38N2O5/c1-22(33)37-27-6-4-5-25(17-27)29-14-15-32(19-23-7-8-23)21-30(29,35-3)13-11-26(18-29)31(2)28(34)10-9-24-12-16-36-20-24/h4-6,9-10,12,16-17,20,23,26H,7-8,11,13-15,18-19,21H2,1-3H3/b10-9+/t26-,29-,30-/m0/s1. The minimum absolute atomic E-state index is 0.0221. The Labute approximate surface area is 219 Å². The second-order valence-electron chi connectivity index (χ2n) is 11.1. The number of fused-ring (bicyclic) bond motifs is 1. The monoisotopic (exact) mass is 506 g/mol. The van der Waals surface area contributed by atoms with Crippen molar-refractivity contribution in [3.05, 3.63) is 60.1 Å². The van der Waals surface area contributed by atoms with Crippen LogP contribution in [0, 0.1) is 5.92 Å². The van der Waals surface area contributed by atoms with E-state index in [4.69, 9.17) is 13.9 Å². The number of nitrogens with zero attached hydrogens (tertiary/aromatic N) is 2. The first-order valence-corrected chi connectivity index (χ1v) is 13.4. The first-order chi connectivity index (χ1) is 17.8. The third kappa shape index (κ3) is 5.25. The molecule has 3 fully saturated rings. The van der Waals surface area contributed by atoms with E-state index in [-0.39, 0.29) is 28.9 Å². The number of furan rings is 1. The molecule has 5 rings (SSSR count). The number of carbonyl (C=O) groups is 2. The Kier molecular flexibility index (Phi) is 7.28. The summed E-state index contributed by atoms with van der Waals surface area (Å²) in [5.41, 5.74) is 1.32. The van der Waals surface area contributed by atoms with Crippen molar-refractivity contribution in [3.8, 4) is 5.75 Å². The van der Waals surface area contributed by atoms with Crippen LogP contribution in [0.25, 0.3) is 6.08 Å². The lowest BCUT2D eigenvalue weighted by atomic mass is 9.55. The second kappa shape index (κ2) is 10.5. The van der Waals surface area contributed by atoms with E-state index in [0.29, 0.717) is 5.75 Å². The van der Waals surface area contributed by atoms with E-state index in [2.05, 4.69) is 11.0 Å². The fourth-order valence-corrected chi connectivity index (χ4v) is 6.58. The molecule has 0 N–H and O–H groups in total. The van der Waals surface area contributed by atoms with Gasteiger partial charge in [-0.2, -0.15) is 0 Å². The Morgan fingerprint density at radius 1 is 1.22 bits per heavy atom. The van der Waals surface area contributed by atoms with Gasteiger partial charge in [0.25, 0.3) is 0 Å². The van der Waals surface area contributed by atoms with Gasteiger partial charge in [-0.05, 0) is 80.8 Å². The van der Waals surface area contributed by atoms with Crippen molar-refractivity contribution in [1.82, 2.24) is 9.80 Å². The van der Waals surface area contributed by atoms with Gasteiger partial charge in [-0.15, -0.1) is 0 Å². The Morgan fingerprint density at radius 2 is 2.05 bits per heavy atom. The molecule has 0 bridgehead atoms. The van der Waals surface area contributed by atoms with Gasteiger partial charge in [-0.25, -0.2) is 0 Å². The molecule has 3 aliphatic rings. The van der Waals surface area contributed by atoms with E-state index in [1.54, 1.807) is 24.7 Å². The molecule has 2 aromatic rings. The van der Waals surface area contributed by atoms with Gasteiger partial charge < -0.3 is 23.7 Å². The summed E-state index contributed by atoms with van der Waals surface area (Å²) in [5.74, 6) is 1.02. The van der Waals surface area contributed by atoms with Crippen LogP contribution in [0.5, 0.6) is 5.75 Å². The third-order valence-corrected chi connectivity index (χ3v) is 8.78. The molecule has 1 aromatic heterocycles. The number of likely N-dealkylation sites (tertiary alicyclic amines) is 1. The lowest BCUT2D eigenvalue weighted by Gasteiger charge is -2.60. The summed E-state index contributed by atoms with van der Waals surface area (Å²) in [6, 6.07) is 9.84. The van der Waals surface area contributed by atoms with Gasteiger partial charge in [0.05, 0.1) is 18.1 Å². The molecule has 7 heteroatoms. The maximum Gasteiger partial charge on any atom is 0.308 e. The first-order valence-electron chi connectivity index (χ1n) is 13.4. The minimum atomic E-state index is -0.373. The van der Waals surface area contributed by atoms with Gasteiger partial charge in [-0.1, -0.05) is 12.1 Å². The summed E-state index contributed by atoms with van der Waals surface area (Å²) in [6.45, 7) is 4.43. The van der Waals surface area contributed by atoms with Crippen LogP contribution in [0.2, 0.25) is 0 Å². The number of ether oxygens (including phenoxy) is 2. The molecular weight excluding hydrogens is 468 g/mol. The van der Waals surface area contributed by atoms with Crippen molar-refractivity contribution in [3.63, 3.8) is 0 Å². The number of carbonyl (C=O) groups excluding carboxylic acids is 2. The van der Waals surface area contributed by atoms with Crippen molar-refractivity contribution < 1.29 is 23.5 Å². The Balaban J connectivity index is 1.45. The zero-order valence-corrected chi connectivity index (χ0v) is 22.2. The number of rotatable bonds is 8. The average molecular weight is 507 g/mol. The molecule has 7 nitrogen and oxygen atoms in total. The maximum absolute atomic E-state index is 13.2. The lowest BCUT2D eigenvalue weighted by molar-refractivity contribution is -0.159. The average Bonchev–Trinajstić information content (AvgIpc) is 3.55. The number of amides is 1. The summed E-state index contributed by atoms with van der Waals surface area (Å²) in [6.07, 6.45) is 12.7. The molecular formula is C30H38N2O5.